The van der Waals surface area contributed by atoms with E-state index in [-0.39, 0.29) is 6.04 Å². The average molecular weight is 332 g/mol. The van der Waals surface area contributed by atoms with Crippen LogP contribution in [-0.2, 0) is 10.2 Å². The van der Waals surface area contributed by atoms with E-state index in [0.29, 0.717) is 19.0 Å². The van der Waals surface area contributed by atoms with Crippen LogP contribution in [0.3, 0.4) is 0 Å². The normalized spacial score (nSPS) is 22.3. The Morgan fingerprint density at radius 1 is 1.57 bits per heavy atom. The third-order valence-electron chi connectivity index (χ3n) is 3.65. The Kier molecular flexibility index (Phi) is 5.73. The molecule has 1 aliphatic heterocycles. The number of nitrogens with zero attached hydrogens (tertiary/aromatic N) is 2. The molecule has 0 aliphatic carbocycles. The maximum atomic E-state index is 12.5. The third kappa shape index (κ3) is 4.46. The quantitative estimate of drug-likeness (QED) is 0.823. The summed E-state index contributed by atoms with van der Waals surface area (Å²) in [6, 6.07) is -0.293. The second kappa shape index (κ2) is 7.15. The van der Waals surface area contributed by atoms with Gasteiger partial charge < -0.3 is 5.32 Å². The largest absolute Gasteiger partial charge is 0.319 e. The smallest absolute Gasteiger partial charge is 0.280 e. The van der Waals surface area contributed by atoms with Gasteiger partial charge in [-0.15, -0.1) is 11.3 Å². The number of hydrogen-bond donors (Lipinski definition) is 2. The van der Waals surface area contributed by atoms with Gasteiger partial charge >= 0.3 is 0 Å². The first kappa shape index (κ1) is 16.8. The Bertz CT molecular complexity index is 556. The minimum atomic E-state index is -3.45. The topological polar surface area (TPSA) is 74.3 Å². The van der Waals surface area contributed by atoms with Crippen LogP contribution in [0.5, 0.6) is 0 Å². The molecular formula is C13H24N4O2S2. The fourth-order valence-electron chi connectivity index (χ4n) is 2.62. The fourth-order valence-corrected chi connectivity index (χ4v) is 4.98. The summed E-state index contributed by atoms with van der Waals surface area (Å²) in [5.74, 6) is 0.387. The molecule has 0 saturated carbocycles. The number of thiazole rings is 1. The van der Waals surface area contributed by atoms with Gasteiger partial charge in [0.05, 0.1) is 6.04 Å². The first-order chi connectivity index (χ1) is 9.92. The van der Waals surface area contributed by atoms with Crippen molar-refractivity contribution in [2.45, 2.75) is 32.7 Å². The standard InChI is InChI=1S/C13H24N4O2S2/c1-10-9-20-13(15-10)11(2)16-21(18,19)17-6-4-5-12(8-17)7-14-3/h9,11-12,14,16H,4-8H2,1-3H3. The van der Waals surface area contributed by atoms with Crippen LogP contribution in [0.4, 0.5) is 0 Å². The van der Waals surface area contributed by atoms with Crippen molar-refractivity contribution in [3.8, 4) is 0 Å². The van der Waals surface area contributed by atoms with Gasteiger partial charge in [-0.05, 0) is 46.2 Å². The van der Waals surface area contributed by atoms with Crippen molar-refractivity contribution in [1.82, 2.24) is 19.3 Å². The van der Waals surface area contributed by atoms with E-state index in [1.165, 1.54) is 11.3 Å². The lowest BCUT2D eigenvalue weighted by atomic mass is 10.00. The Hall–Kier alpha value is -0.540. The summed E-state index contributed by atoms with van der Waals surface area (Å²) in [6.45, 7) is 5.78. The molecule has 2 atom stereocenters. The highest BCUT2D eigenvalue weighted by Gasteiger charge is 2.30. The molecule has 0 spiro atoms. The summed E-state index contributed by atoms with van der Waals surface area (Å²) in [5, 5.41) is 5.87. The predicted molar refractivity (Wildman–Crippen MR) is 85.5 cm³/mol. The van der Waals surface area contributed by atoms with Crippen molar-refractivity contribution in [2.24, 2.45) is 5.92 Å². The molecule has 1 aliphatic rings. The monoisotopic (exact) mass is 332 g/mol. The molecule has 2 heterocycles. The number of piperidine rings is 1. The average Bonchev–Trinajstić information content (AvgIpc) is 2.86. The number of nitrogens with one attached hydrogen (secondary N) is 2. The van der Waals surface area contributed by atoms with Crippen molar-refractivity contribution in [3.63, 3.8) is 0 Å². The van der Waals surface area contributed by atoms with Crippen LogP contribution in [0.1, 0.15) is 36.5 Å². The van der Waals surface area contributed by atoms with E-state index in [0.717, 1.165) is 30.1 Å². The van der Waals surface area contributed by atoms with Crippen LogP contribution in [0.2, 0.25) is 0 Å². The molecule has 6 nitrogen and oxygen atoms in total. The van der Waals surface area contributed by atoms with Gasteiger partial charge in [0.15, 0.2) is 0 Å². The zero-order valence-corrected chi connectivity index (χ0v) is 14.4. The molecule has 21 heavy (non-hydrogen) atoms. The maximum Gasteiger partial charge on any atom is 0.280 e. The summed E-state index contributed by atoms with van der Waals surface area (Å²) in [6.07, 6.45) is 1.99. The highest BCUT2D eigenvalue weighted by atomic mass is 32.2. The molecule has 2 rings (SSSR count). The Morgan fingerprint density at radius 3 is 2.95 bits per heavy atom. The summed E-state index contributed by atoms with van der Waals surface area (Å²) in [4.78, 5) is 4.35. The van der Waals surface area contributed by atoms with Gasteiger partial charge in [0.1, 0.15) is 5.01 Å². The van der Waals surface area contributed by atoms with Crippen molar-refractivity contribution in [2.75, 3.05) is 26.7 Å². The predicted octanol–water partition coefficient (Wildman–Crippen LogP) is 1.28. The second-order valence-corrected chi connectivity index (χ2v) is 8.19. The summed E-state index contributed by atoms with van der Waals surface area (Å²) < 4.78 is 29.3. The zero-order chi connectivity index (χ0) is 15.5. The minimum Gasteiger partial charge on any atom is -0.319 e. The molecular weight excluding hydrogens is 308 g/mol. The molecule has 0 radical (unpaired) electrons. The summed E-state index contributed by atoms with van der Waals surface area (Å²) in [7, 11) is -1.55. The molecule has 1 fully saturated rings. The lowest BCUT2D eigenvalue weighted by Crippen LogP contribution is -2.47. The van der Waals surface area contributed by atoms with E-state index in [4.69, 9.17) is 0 Å². The first-order valence-corrected chi connectivity index (χ1v) is 9.58. The Morgan fingerprint density at radius 2 is 2.33 bits per heavy atom. The van der Waals surface area contributed by atoms with Crippen LogP contribution < -0.4 is 10.0 Å². The molecule has 0 bridgehead atoms. The molecule has 1 saturated heterocycles. The highest BCUT2D eigenvalue weighted by molar-refractivity contribution is 7.87. The lowest BCUT2D eigenvalue weighted by Gasteiger charge is -2.32. The molecule has 8 heteroatoms. The Balaban J connectivity index is 2.00. The SMILES string of the molecule is CNCC1CCCN(S(=O)(=O)NC(C)c2nc(C)cs2)C1. The summed E-state index contributed by atoms with van der Waals surface area (Å²) >= 11 is 1.49. The van der Waals surface area contributed by atoms with Gasteiger partial charge in [0.2, 0.25) is 0 Å². The molecule has 2 N–H and O–H groups in total. The number of aryl methyl sites for hydroxylation is 1. The number of aromatic nitrogens is 1. The maximum absolute atomic E-state index is 12.5. The number of hydrogen-bond acceptors (Lipinski definition) is 5. The van der Waals surface area contributed by atoms with Crippen LogP contribution in [0.15, 0.2) is 5.38 Å². The van der Waals surface area contributed by atoms with Crippen molar-refractivity contribution in [3.05, 3.63) is 16.1 Å². The summed E-state index contributed by atoms with van der Waals surface area (Å²) in [5.41, 5.74) is 0.924. The molecule has 0 amide bonds. The first-order valence-electron chi connectivity index (χ1n) is 7.26. The van der Waals surface area contributed by atoms with Crippen molar-refractivity contribution >= 4 is 21.5 Å². The molecule has 1 aromatic heterocycles. The zero-order valence-electron chi connectivity index (χ0n) is 12.8. The van der Waals surface area contributed by atoms with Gasteiger partial charge in [-0.1, -0.05) is 0 Å². The number of rotatable bonds is 6. The Labute approximate surface area is 131 Å². The lowest BCUT2D eigenvalue weighted by molar-refractivity contribution is 0.260. The van der Waals surface area contributed by atoms with E-state index in [1.54, 1.807) is 4.31 Å². The highest BCUT2D eigenvalue weighted by Crippen LogP contribution is 2.22. The van der Waals surface area contributed by atoms with Gasteiger partial charge in [-0.2, -0.15) is 17.4 Å². The van der Waals surface area contributed by atoms with Gasteiger partial charge in [-0.25, -0.2) is 4.98 Å². The van der Waals surface area contributed by atoms with E-state index < -0.39 is 10.2 Å². The van der Waals surface area contributed by atoms with Crippen LogP contribution in [0.25, 0.3) is 0 Å². The van der Waals surface area contributed by atoms with E-state index in [1.807, 2.05) is 26.3 Å². The second-order valence-electron chi connectivity index (χ2n) is 5.60. The molecule has 0 aromatic carbocycles. The van der Waals surface area contributed by atoms with Gasteiger partial charge in [-0.3, -0.25) is 0 Å². The molecule has 1 aromatic rings. The molecule has 2 unspecified atom stereocenters. The van der Waals surface area contributed by atoms with Gasteiger partial charge in [0.25, 0.3) is 10.2 Å². The van der Waals surface area contributed by atoms with E-state index in [2.05, 4.69) is 15.0 Å². The minimum absolute atomic E-state index is 0.293. The van der Waals surface area contributed by atoms with Crippen LogP contribution in [0, 0.1) is 12.8 Å². The third-order valence-corrected chi connectivity index (χ3v) is 6.46. The van der Waals surface area contributed by atoms with Crippen molar-refractivity contribution < 1.29 is 8.42 Å². The van der Waals surface area contributed by atoms with Crippen molar-refractivity contribution in [1.29, 1.82) is 0 Å². The van der Waals surface area contributed by atoms with Crippen LogP contribution >= 0.6 is 11.3 Å². The van der Waals surface area contributed by atoms with E-state index in [9.17, 15) is 8.42 Å². The van der Waals surface area contributed by atoms with E-state index >= 15 is 0 Å². The molecule has 120 valence electrons. The fraction of sp³-hybridized carbons (Fsp3) is 0.769. The van der Waals surface area contributed by atoms with Crippen LogP contribution in [-0.4, -0.2) is 44.4 Å². The van der Waals surface area contributed by atoms with Gasteiger partial charge in [0, 0.05) is 24.2 Å².